The Morgan fingerprint density at radius 1 is 1.17 bits per heavy atom. The average molecular weight is 489 g/mol. The Labute approximate surface area is 209 Å². The molecule has 7 nitrogen and oxygen atoms in total. The molecule has 2 amide bonds. The fourth-order valence-electron chi connectivity index (χ4n) is 4.81. The van der Waals surface area contributed by atoms with Crippen LogP contribution in [0.3, 0.4) is 0 Å². The predicted molar refractivity (Wildman–Crippen MR) is 138 cm³/mol. The van der Waals surface area contributed by atoms with Crippen LogP contribution in [-0.2, 0) is 9.53 Å². The van der Waals surface area contributed by atoms with Crippen LogP contribution in [0.5, 0.6) is 0 Å². The number of hydrogen-bond acceptors (Lipinski definition) is 4. The van der Waals surface area contributed by atoms with Crippen LogP contribution in [0.1, 0.15) is 33.7 Å². The number of aryl methyl sites for hydroxylation is 1. The van der Waals surface area contributed by atoms with Crippen molar-refractivity contribution in [1.82, 2.24) is 15.2 Å². The third kappa shape index (κ3) is 4.96. The van der Waals surface area contributed by atoms with Crippen molar-refractivity contribution in [2.75, 3.05) is 44.7 Å². The van der Waals surface area contributed by atoms with Crippen molar-refractivity contribution < 1.29 is 18.7 Å². The molecular formula is C28H29FN4O3. The zero-order valence-electron chi connectivity index (χ0n) is 20.2. The summed E-state index contributed by atoms with van der Waals surface area (Å²) in [6.07, 6.45) is 2.54. The highest BCUT2D eigenvalue weighted by atomic mass is 19.1. The molecule has 0 aliphatic carbocycles. The number of nitrogens with zero attached hydrogens (tertiary/aromatic N) is 1. The number of hydrogen-bond donors (Lipinski definition) is 3. The van der Waals surface area contributed by atoms with Gasteiger partial charge in [0.05, 0.1) is 24.4 Å². The zero-order valence-corrected chi connectivity index (χ0v) is 20.2. The van der Waals surface area contributed by atoms with Crippen LogP contribution in [0, 0.1) is 12.7 Å². The summed E-state index contributed by atoms with van der Waals surface area (Å²) in [5.74, 6) is -0.897. The number of benzene rings is 2. The highest BCUT2D eigenvalue weighted by Crippen LogP contribution is 2.37. The van der Waals surface area contributed by atoms with E-state index in [0.29, 0.717) is 45.9 Å². The molecule has 0 unspecified atom stereocenters. The fraction of sp³-hybridized carbons (Fsp3) is 0.286. The fourth-order valence-corrected chi connectivity index (χ4v) is 4.81. The highest BCUT2D eigenvalue weighted by Gasteiger charge is 2.27. The molecule has 0 bridgehead atoms. The minimum atomic E-state index is -0.417. The Kier molecular flexibility index (Phi) is 6.97. The molecule has 3 heterocycles. The molecule has 2 aromatic carbocycles. The minimum Gasteiger partial charge on any atom is -0.379 e. The number of morpholine rings is 1. The molecule has 0 radical (unpaired) electrons. The minimum absolute atomic E-state index is 0.170. The Bertz CT molecular complexity index is 1310. The number of aromatic nitrogens is 1. The SMILES string of the molecule is Cc1[nH]c(C=C2C(=O)Nc3ccc(F)cc32)c(-c2ccccc2)c1C(=O)NCCCN1CCOCC1. The van der Waals surface area contributed by atoms with Gasteiger partial charge in [-0.2, -0.15) is 0 Å². The number of carbonyl (C=O) groups excluding carboxylic acids is 2. The van der Waals surface area contributed by atoms with Crippen LogP contribution in [0.4, 0.5) is 10.1 Å². The van der Waals surface area contributed by atoms with Gasteiger partial charge in [-0.05, 0) is 49.7 Å². The second kappa shape index (κ2) is 10.5. The van der Waals surface area contributed by atoms with E-state index in [-0.39, 0.29) is 11.8 Å². The molecule has 36 heavy (non-hydrogen) atoms. The van der Waals surface area contributed by atoms with Gasteiger partial charge in [-0.25, -0.2) is 4.39 Å². The number of H-pyrrole nitrogens is 1. The van der Waals surface area contributed by atoms with Crippen LogP contribution in [0.15, 0.2) is 48.5 Å². The lowest BCUT2D eigenvalue weighted by Gasteiger charge is -2.26. The molecule has 3 aromatic rings. The monoisotopic (exact) mass is 488 g/mol. The number of rotatable bonds is 7. The predicted octanol–water partition coefficient (Wildman–Crippen LogP) is 4.07. The van der Waals surface area contributed by atoms with Gasteiger partial charge >= 0.3 is 0 Å². The van der Waals surface area contributed by atoms with Gasteiger partial charge in [0.25, 0.3) is 11.8 Å². The summed E-state index contributed by atoms with van der Waals surface area (Å²) < 4.78 is 19.3. The lowest BCUT2D eigenvalue weighted by molar-refractivity contribution is -0.110. The summed E-state index contributed by atoms with van der Waals surface area (Å²) in [5.41, 5.74) is 4.84. The molecule has 8 heteroatoms. The summed E-state index contributed by atoms with van der Waals surface area (Å²) in [5, 5.41) is 5.84. The molecule has 186 valence electrons. The largest absolute Gasteiger partial charge is 0.379 e. The Morgan fingerprint density at radius 3 is 2.72 bits per heavy atom. The van der Waals surface area contributed by atoms with E-state index in [1.807, 2.05) is 37.3 Å². The third-order valence-corrected chi connectivity index (χ3v) is 6.60. The van der Waals surface area contributed by atoms with Gasteiger partial charge in [0.1, 0.15) is 5.82 Å². The number of aromatic amines is 1. The third-order valence-electron chi connectivity index (χ3n) is 6.60. The van der Waals surface area contributed by atoms with Crippen molar-refractivity contribution >= 4 is 29.2 Å². The van der Waals surface area contributed by atoms with Gasteiger partial charge in [-0.15, -0.1) is 0 Å². The Morgan fingerprint density at radius 2 is 1.94 bits per heavy atom. The molecule has 0 atom stereocenters. The van der Waals surface area contributed by atoms with Crippen molar-refractivity contribution in [2.45, 2.75) is 13.3 Å². The smallest absolute Gasteiger partial charge is 0.256 e. The van der Waals surface area contributed by atoms with E-state index in [2.05, 4.69) is 20.5 Å². The van der Waals surface area contributed by atoms with E-state index < -0.39 is 5.82 Å². The van der Waals surface area contributed by atoms with Crippen LogP contribution in [0.2, 0.25) is 0 Å². The number of ether oxygens (including phenoxy) is 1. The lowest BCUT2D eigenvalue weighted by atomic mass is 9.97. The van der Waals surface area contributed by atoms with Crippen LogP contribution < -0.4 is 10.6 Å². The first-order valence-corrected chi connectivity index (χ1v) is 12.2. The maximum atomic E-state index is 13.9. The first kappa shape index (κ1) is 24.0. The van der Waals surface area contributed by atoms with Crippen molar-refractivity contribution in [1.29, 1.82) is 0 Å². The van der Waals surface area contributed by atoms with Gasteiger partial charge in [-0.3, -0.25) is 14.5 Å². The number of carbonyl (C=O) groups is 2. The molecule has 1 aromatic heterocycles. The van der Waals surface area contributed by atoms with Gasteiger partial charge in [0.2, 0.25) is 0 Å². The molecule has 2 aliphatic heterocycles. The van der Waals surface area contributed by atoms with E-state index in [1.165, 1.54) is 12.1 Å². The second-order valence-corrected chi connectivity index (χ2v) is 9.05. The van der Waals surface area contributed by atoms with Crippen molar-refractivity contribution in [2.24, 2.45) is 0 Å². The van der Waals surface area contributed by atoms with E-state index in [1.54, 1.807) is 12.1 Å². The van der Waals surface area contributed by atoms with E-state index in [9.17, 15) is 14.0 Å². The number of halogens is 1. The maximum Gasteiger partial charge on any atom is 0.256 e. The summed E-state index contributed by atoms with van der Waals surface area (Å²) in [6.45, 7) is 6.65. The van der Waals surface area contributed by atoms with Crippen LogP contribution in [-0.4, -0.2) is 61.1 Å². The van der Waals surface area contributed by atoms with E-state index in [4.69, 9.17) is 4.74 Å². The highest BCUT2D eigenvalue weighted by molar-refractivity contribution is 6.35. The van der Waals surface area contributed by atoms with Gasteiger partial charge < -0.3 is 20.4 Å². The molecule has 2 aliphatic rings. The van der Waals surface area contributed by atoms with Crippen molar-refractivity contribution in [3.05, 3.63) is 76.9 Å². The first-order chi connectivity index (χ1) is 17.5. The normalized spacial score (nSPS) is 16.7. The van der Waals surface area contributed by atoms with Crippen molar-refractivity contribution in [3.63, 3.8) is 0 Å². The topological polar surface area (TPSA) is 86.5 Å². The number of anilines is 1. The van der Waals surface area contributed by atoms with E-state index in [0.717, 1.165) is 44.8 Å². The average Bonchev–Trinajstić information content (AvgIpc) is 3.38. The summed E-state index contributed by atoms with van der Waals surface area (Å²) in [4.78, 5) is 31.7. The second-order valence-electron chi connectivity index (χ2n) is 9.05. The number of nitrogens with one attached hydrogen (secondary N) is 3. The molecular weight excluding hydrogens is 459 g/mol. The molecule has 0 spiro atoms. The number of fused-ring (bicyclic) bond motifs is 1. The standard InChI is InChI=1S/C28H29FN4O3/c1-18-25(28(35)30-10-5-11-33-12-14-36-15-13-33)26(19-6-3-2-4-7-19)24(31-18)17-22-21-16-20(29)8-9-23(21)32-27(22)34/h2-4,6-9,16-17,31H,5,10-15H2,1H3,(H,30,35)(H,32,34). The summed E-state index contributed by atoms with van der Waals surface area (Å²) >= 11 is 0. The Hall–Kier alpha value is -3.75. The maximum absolute atomic E-state index is 13.9. The zero-order chi connectivity index (χ0) is 25.1. The van der Waals surface area contributed by atoms with Gasteiger partial charge in [0.15, 0.2) is 0 Å². The summed E-state index contributed by atoms with van der Waals surface area (Å²) in [7, 11) is 0. The van der Waals surface area contributed by atoms with Crippen LogP contribution in [0.25, 0.3) is 22.8 Å². The molecule has 3 N–H and O–H groups in total. The van der Waals surface area contributed by atoms with Crippen LogP contribution >= 0.6 is 0 Å². The van der Waals surface area contributed by atoms with Gasteiger partial charge in [-0.1, -0.05) is 30.3 Å². The molecule has 0 saturated carbocycles. The lowest BCUT2D eigenvalue weighted by Crippen LogP contribution is -2.38. The van der Waals surface area contributed by atoms with Gasteiger partial charge in [0, 0.05) is 47.8 Å². The summed E-state index contributed by atoms with van der Waals surface area (Å²) in [6, 6.07) is 13.8. The molecule has 1 saturated heterocycles. The quantitative estimate of drug-likeness (QED) is 0.346. The number of amides is 2. The van der Waals surface area contributed by atoms with Crippen molar-refractivity contribution in [3.8, 4) is 11.1 Å². The van der Waals surface area contributed by atoms with E-state index >= 15 is 0 Å². The Balaban J connectivity index is 1.44. The first-order valence-electron chi connectivity index (χ1n) is 12.2. The molecule has 1 fully saturated rings. The molecule has 5 rings (SSSR count).